The minimum absolute atomic E-state index is 0.0746. The summed E-state index contributed by atoms with van der Waals surface area (Å²) in [6.45, 7) is 1.67. The number of carbonyl (C=O) groups is 1. The van der Waals surface area contributed by atoms with Gasteiger partial charge in [-0.2, -0.15) is 0 Å². The summed E-state index contributed by atoms with van der Waals surface area (Å²) in [4.78, 5) is 14.2. The molecule has 0 aliphatic carbocycles. The third kappa shape index (κ3) is 3.54. The highest BCUT2D eigenvalue weighted by molar-refractivity contribution is 6.35. The highest BCUT2D eigenvalue weighted by Gasteiger charge is 2.19. The number of carbonyl (C=O) groups excluding carboxylic acids is 1. The van der Waals surface area contributed by atoms with Crippen LogP contribution in [0.25, 0.3) is 0 Å². The predicted molar refractivity (Wildman–Crippen MR) is 90.5 cm³/mol. The molecule has 2 aromatic carbocycles. The highest BCUT2D eigenvalue weighted by atomic mass is 35.5. The molecule has 1 N–H and O–H groups in total. The van der Waals surface area contributed by atoms with Crippen molar-refractivity contribution in [2.45, 2.75) is 13.0 Å². The lowest BCUT2D eigenvalue weighted by atomic mass is 10.00. The van der Waals surface area contributed by atoms with E-state index in [0.29, 0.717) is 16.6 Å². The van der Waals surface area contributed by atoms with Crippen molar-refractivity contribution < 1.29 is 4.79 Å². The van der Waals surface area contributed by atoms with Gasteiger partial charge < -0.3 is 10.2 Å². The van der Waals surface area contributed by atoms with Gasteiger partial charge in [-0.1, -0.05) is 47.5 Å². The fourth-order valence-electron chi connectivity index (χ4n) is 2.65. The lowest BCUT2D eigenvalue weighted by Crippen LogP contribution is -2.39. The molecule has 0 bridgehead atoms. The van der Waals surface area contributed by atoms with E-state index in [-0.39, 0.29) is 12.5 Å². The summed E-state index contributed by atoms with van der Waals surface area (Å²) in [7, 11) is 0. The molecule has 0 saturated heterocycles. The first-order chi connectivity index (χ1) is 10.6. The standard InChI is InChI=1S/C17H16Cl2N2O/c18-14-7-15(19)9-16(8-14)20-10-17(22)21-6-5-12-3-1-2-4-13(12)11-21/h1-4,7-9,20H,5-6,10-11H2. The second kappa shape index (κ2) is 6.59. The second-order valence-electron chi connectivity index (χ2n) is 5.35. The Hall–Kier alpha value is -1.71. The van der Waals surface area contributed by atoms with Crippen LogP contribution >= 0.6 is 23.2 Å². The molecule has 0 radical (unpaired) electrons. The Bertz CT molecular complexity index is 683. The van der Waals surface area contributed by atoms with Crippen LogP contribution in [0.4, 0.5) is 5.69 Å². The largest absolute Gasteiger partial charge is 0.376 e. The Morgan fingerprint density at radius 1 is 1.09 bits per heavy atom. The monoisotopic (exact) mass is 334 g/mol. The van der Waals surface area contributed by atoms with E-state index in [1.807, 2.05) is 17.0 Å². The maximum atomic E-state index is 12.3. The smallest absolute Gasteiger partial charge is 0.242 e. The zero-order valence-corrected chi connectivity index (χ0v) is 13.5. The Balaban J connectivity index is 1.61. The van der Waals surface area contributed by atoms with Crippen LogP contribution in [0.2, 0.25) is 10.0 Å². The summed E-state index contributed by atoms with van der Waals surface area (Å²) >= 11 is 11.9. The second-order valence-corrected chi connectivity index (χ2v) is 6.22. The Morgan fingerprint density at radius 2 is 1.77 bits per heavy atom. The number of anilines is 1. The number of hydrogen-bond donors (Lipinski definition) is 1. The molecule has 1 aliphatic heterocycles. The Morgan fingerprint density at radius 3 is 2.50 bits per heavy atom. The van der Waals surface area contributed by atoms with Gasteiger partial charge in [-0.15, -0.1) is 0 Å². The molecule has 0 saturated carbocycles. The van der Waals surface area contributed by atoms with Gasteiger partial charge >= 0.3 is 0 Å². The minimum Gasteiger partial charge on any atom is -0.376 e. The van der Waals surface area contributed by atoms with E-state index in [9.17, 15) is 4.79 Å². The molecule has 1 aliphatic rings. The van der Waals surface area contributed by atoms with Crippen LogP contribution in [-0.2, 0) is 17.8 Å². The number of halogens is 2. The summed E-state index contributed by atoms with van der Waals surface area (Å²) in [6.07, 6.45) is 0.908. The molecule has 5 heteroatoms. The average molecular weight is 335 g/mol. The molecule has 22 heavy (non-hydrogen) atoms. The maximum Gasteiger partial charge on any atom is 0.242 e. The van der Waals surface area contributed by atoms with Crippen LogP contribution < -0.4 is 5.32 Å². The van der Waals surface area contributed by atoms with Gasteiger partial charge in [-0.25, -0.2) is 0 Å². The molecule has 2 aromatic rings. The molecule has 3 rings (SSSR count). The Kier molecular flexibility index (Phi) is 4.55. The van der Waals surface area contributed by atoms with Gasteiger partial charge in [0.05, 0.1) is 6.54 Å². The molecular weight excluding hydrogens is 319 g/mol. The first kappa shape index (κ1) is 15.2. The van der Waals surface area contributed by atoms with Crippen LogP contribution in [0.15, 0.2) is 42.5 Å². The van der Waals surface area contributed by atoms with Crippen LogP contribution in [0, 0.1) is 0 Å². The number of benzene rings is 2. The number of amides is 1. The van der Waals surface area contributed by atoms with Gasteiger partial charge in [0.1, 0.15) is 0 Å². The zero-order valence-electron chi connectivity index (χ0n) is 12.0. The minimum atomic E-state index is 0.0746. The van der Waals surface area contributed by atoms with Gasteiger partial charge in [0.15, 0.2) is 0 Å². The van der Waals surface area contributed by atoms with E-state index in [1.165, 1.54) is 11.1 Å². The zero-order chi connectivity index (χ0) is 15.5. The van der Waals surface area contributed by atoms with Crippen molar-refractivity contribution in [3.63, 3.8) is 0 Å². The topological polar surface area (TPSA) is 32.3 Å². The normalized spacial score (nSPS) is 13.6. The van der Waals surface area contributed by atoms with Crippen molar-refractivity contribution in [3.05, 3.63) is 63.6 Å². The van der Waals surface area contributed by atoms with Crippen LogP contribution in [0.5, 0.6) is 0 Å². The molecule has 0 fully saturated rings. The Labute approximate surface area is 139 Å². The average Bonchev–Trinajstić information content (AvgIpc) is 2.51. The number of fused-ring (bicyclic) bond motifs is 1. The van der Waals surface area contributed by atoms with Crippen LogP contribution in [0.3, 0.4) is 0 Å². The van der Waals surface area contributed by atoms with E-state index in [0.717, 1.165) is 18.7 Å². The van der Waals surface area contributed by atoms with Crippen LogP contribution in [0.1, 0.15) is 11.1 Å². The van der Waals surface area contributed by atoms with Crippen molar-refractivity contribution in [2.75, 3.05) is 18.4 Å². The van der Waals surface area contributed by atoms with Gasteiger partial charge in [0, 0.05) is 28.8 Å². The highest BCUT2D eigenvalue weighted by Crippen LogP contribution is 2.23. The van der Waals surface area contributed by atoms with Crippen molar-refractivity contribution >= 4 is 34.8 Å². The van der Waals surface area contributed by atoms with E-state index in [4.69, 9.17) is 23.2 Å². The molecule has 0 spiro atoms. The van der Waals surface area contributed by atoms with E-state index in [2.05, 4.69) is 17.4 Å². The van der Waals surface area contributed by atoms with E-state index >= 15 is 0 Å². The van der Waals surface area contributed by atoms with Gasteiger partial charge in [0.25, 0.3) is 0 Å². The molecule has 1 amide bonds. The first-order valence-corrected chi connectivity index (χ1v) is 7.92. The fourth-order valence-corrected chi connectivity index (χ4v) is 3.18. The molecule has 0 atom stereocenters. The number of nitrogens with one attached hydrogen (secondary N) is 1. The molecule has 3 nitrogen and oxygen atoms in total. The molecule has 0 aromatic heterocycles. The molecular formula is C17H16Cl2N2O. The summed E-state index contributed by atoms with van der Waals surface area (Å²) < 4.78 is 0. The summed E-state index contributed by atoms with van der Waals surface area (Å²) in [5.74, 6) is 0.0746. The SMILES string of the molecule is O=C(CNc1cc(Cl)cc(Cl)c1)N1CCc2ccccc2C1. The summed E-state index contributed by atoms with van der Waals surface area (Å²) in [5, 5.41) is 4.19. The third-order valence-electron chi connectivity index (χ3n) is 3.79. The summed E-state index contributed by atoms with van der Waals surface area (Å²) in [5.41, 5.74) is 3.32. The van der Waals surface area contributed by atoms with Gasteiger partial charge in [-0.3, -0.25) is 4.79 Å². The molecule has 114 valence electrons. The van der Waals surface area contributed by atoms with Crippen molar-refractivity contribution in [2.24, 2.45) is 0 Å². The van der Waals surface area contributed by atoms with Crippen LogP contribution in [-0.4, -0.2) is 23.9 Å². The quantitative estimate of drug-likeness (QED) is 0.920. The number of nitrogens with zero attached hydrogens (tertiary/aromatic N) is 1. The lowest BCUT2D eigenvalue weighted by Gasteiger charge is -2.29. The third-order valence-corrected chi connectivity index (χ3v) is 4.23. The van der Waals surface area contributed by atoms with Crippen molar-refractivity contribution in [3.8, 4) is 0 Å². The van der Waals surface area contributed by atoms with Gasteiger partial charge in [0.2, 0.25) is 5.91 Å². The van der Waals surface area contributed by atoms with Gasteiger partial charge in [-0.05, 0) is 35.7 Å². The van der Waals surface area contributed by atoms with Crippen molar-refractivity contribution in [1.29, 1.82) is 0 Å². The predicted octanol–water partition coefficient (Wildman–Crippen LogP) is 3.99. The summed E-state index contributed by atoms with van der Waals surface area (Å²) in [6, 6.07) is 13.4. The lowest BCUT2D eigenvalue weighted by molar-refractivity contribution is -0.130. The van der Waals surface area contributed by atoms with E-state index < -0.39 is 0 Å². The maximum absolute atomic E-state index is 12.3. The fraction of sp³-hybridized carbons (Fsp3) is 0.235. The molecule has 1 heterocycles. The number of hydrogen-bond acceptors (Lipinski definition) is 2. The van der Waals surface area contributed by atoms with Crippen molar-refractivity contribution in [1.82, 2.24) is 4.90 Å². The van der Waals surface area contributed by atoms with E-state index in [1.54, 1.807) is 18.2 Å². The molecule has 0 unspecified atom stereocenters. The first-order valence-electron chi connectivity index (χ1n) is 7.16. The number of rotatable bonds is 3.